The van der Waals surface area contributed by atoms with Crippen molar-refractivity contribution >= 4 is 5.91 Å². The summed E-state index contributed by atoms with van der Waals surface area (Å²) >= 11 is 0. The summed E-state index contributed by atoms with van der Waals surface area (Å²) in [6, 6.07) is 0.729. The molecule has 0 aromatic rings. The molecule has 3 aliphatic rings. The van der Waals surface area contributed by atoms with Gasteiger partial charge in [-0.3, -0.25) is 10.1 Å². The molecule has 0 aromatic carbocycles. The van der Waals surface area contributed by atoms with Crippen LogP contribution in [-0.4, -0.2) is 53.1 Å². The third-order valence-electron chi connectivity index (χ3n) is 5.59. The van der Waals surface area contributed by atoms with Crippen LogP contribution in [0.1, 0.15) is 65.2 Å². The summed E-state index contributed by atoms with van der Waals surface area (Å²) < 4.78 is 0. The summed E-state index contributed by atoms with van der Waals surface area (Å²) in [4.78, 5) is 17.3. The van der Waals surface area contributed by atoms with E-state index in [0.717, 1.165) is 51.2 Å². The Morgan fingerprint density at radius 3 is 2.76 bits per heavy atom. The fourth-order valence-corrected chi connectivity index (χ4v) is 4.05. The van der Waals surface area contributed by atoms with Crippen LogP contribution in [-0.2, 0) is 4.79 Å². The van der Waals surface area contributed by atoms with Gasteiger partial charge in [-0.1, -0.05) is 19.8 Å². The first kappa shape index (κ1) is 15.3. The first-order chi connectivity index (χ1) is 10.2. The molecule has 3 rings (SSSR count). The zero-order valence-electron chi connectivity index (χ0n) is 13.7. The fourth-order valence-electron chi connectivity index (χ4n) is 4.05. The van der Waals surface area contributed by atoms with Crippen molar-refractivity contribution < 1.29 is 4.79 Å². The van der Waals surface area contributed by atoms with Crippen LogP contribution in [0.15, 0.2) is 0 Å². The highest BCUT2D eigenvalue weighted by Crippen LogP contribution is 2.42. The molecular formula is C17H31N3O. The van der Waals surface area contributed by atoms with Crippen molar-refractivity contribution in [2.24, 2.45) is 0 Å². The molecule has 1 spiro atoms. The lowest BCUT2D eigenvalue weighted by molar-refractivity contribution is -0.131. The van der Waals surface area contributed by atoms with Crippen molar-refractivity contribution in [3.63, 3.8) is 0 Å². The molecule has 4 nitrogen and oxygen atoms in total. The molecular weight excluding hydrogens is 262 g/mol. The topological polar surface area (TPSA) is 35.6 Å². The highest BCUT2D eigenvalue weighted by atomic mass is 16.2. The van der Waals surface area contributed by atoms with Crippen molar-refractivity contribution in [1.82, 2.24) is 15.1 Å². The Morgan fingerprint density at radius 2 is 2.10 bits per heavy atom. The van der Waals surface area contributed by atoms with Gasteiger partial charge < -0.3 is 9.80 Å². The van der Waals surface area contributed by atoms with Crippen LogP contribution in [0.5, 0.6) is 0 Å². The monoisotopic (exact) mass is 293 g/mol. The highest BCUT2D eigenvalue weighted by Gasteiger charge is 2.58. The van der Waals surface area contributed by atoms with E-state index >= 15 is 0 Å². The molecule has 2 aliphatic heterocycles. The van der Waals surface area contributed by atoms with Crippen LogP contribution in [0.3, 0.4) is 0 Å². The molecule has 4 heteroatoms. The molecule has 3 fully saturated rings. The van der Waals surface area contributed by atoms with E-state index in [-0.39, 0.29) is 5.54 Å². The number of hydrogen-bond donors (Lipinski definition) is 1. The number of rotatable bonds is 6. The Balaban J connectivity index is 1.50. The van der Waals surface area contributed by atoms with Gasteiger partial charge in [0.15, 0.2) is 0 Å². The number of likely N-dealkylation sites (tertiary alicyclic amines) is 1. The maximum Gasteiger partial charge on any atom is 0.244 e. The van der Waals surface area contributed by atoms with Gasteiger partial charge in [0.25, 0.3) is 0 Å². The average Bonchev–Trinajstić information content (AvgIpc) is 3.20. The lowest BCUT2D eigenvalue weighted by atomic mass is 10.0. The Bertz CT molecular complexity index is 380. The summed E-state index contributed by atoms with van der Waals surface area (Å²) in [6.07, 6.45) is 9.80. The van der Waals surface area contributed by atoms with E-state index in [1.165, 1.54) is 25.8 Å². The molecule has 0 aromatic heterocycles. The number of nitrogens with zero attached hydrogens (tertiary/aromatic N) is 2. The SMILES string of the molecule is CCCC1NC2(CC2)C(=O)N1CCCN1CCCCC1C. The van der Waals surface area contributed by atoms with Crippen LogP contribution in [0.2, 0.25) is 0 Å². The molecule has 1 amide bonds. The Hall–Kier alpha value is -0.610. The van der Waals surface area contributed by atoms with Gasteiger partial charge in [-0.25, -0.2) is 0 Å². The van der Waals surface area contributed by atoms with Gasteiger partial charge in [-0.05, 0) is 52.0 Å². The van der Waals surface area contributed by atoms with E-state index in [1.807, 2.05) is 0 Å². The highest BCUT2D eigenvalue weighted by molar-refractivity contribution is 5.91. The molecule has 1 aliphatic carbocycles. The number of amides is 1. The molecule has 2 atom stereocenters. The maximum atomic E-state index is 12.6. The predicted octanol–water partition coefficient (Wildman–Crippen LogP) is 2.34. The van der Waals surface area contributed by atoms with Crippen LogP contribution in [0.4, 0.5) is 0 Å². The van der Waals surface area contributed by atoms with E-state index in [0.29, 0.717) is 12.1 Å². The summed E-state index contributed by atoms with van der Waals surface area (Å²) in [5, 5.41) is 3.60. The van der Waals surface area contributed by atoms with Gasteiger partial charge in [-0.2, -0.15) is 0 Å². The van der Waals surface area contributed by atoms with Gasteiger partial charge in [0, 0.05) is 19.1 Å². The van der Waals surface area contributed by atoms with E-state index in [1.54, 1.807) is 0 Å². The van der Waals surface area contributed by atoms with Crippen LogP contribution in [0, 0.1) is 0 Å². The Morgan fingerprint density at radius 1 is 1.29 bits per heavy atom. The summed E-state index contributed by atoms with van der Waals surface area (Å²) in [6.45, 7) is 7.88. The van der Waals surface area contributed by atoms with Crippen molar-refractivity contribution in [3.05, 3.63) is 0 Å². The molecule has 1 saturated carbocycles. The smallest absolute Gasteiger partial charge is 0.244 e. The first-order valence-electron chi connectivity index (χ1n) is 8.99. The zero-order chi connectivity index (χ0) is 14.9. The van der Waals surface area contributed by atoms with E-state index in [4.69, 9.17) is 0 Å². The van der Waals surface area contributed by atoms with Gasteiger partial charge >= 0.3 is 0 Å². The number of nitrogens with one attached hydrogen (secondary N) is 1. The van der Waals surface area contributed by atoms with E-state index in [9.17, 15) is 4.79 Å². The summed E-state index contributed by atoms with van der Waals surface area (Å²) in [5.74, 6) is 0.382. The standard InChI is InChI=1S/C17H31N3O/c1-3-7-15-18-17(9-10-17)16(21)20(15)13-6-12-19-11-5-4-8-14(19)2/h14-15,18H,3-13H2,1-2H3. The predicted molar refractivity (Wildman–Crippen MR) is 85.0 cm³/mol. The molecule has 2 heterocycles. The third-order valence-corrected chi connectivity index (χ3v) is 5.59. The number of piperidine rings is 1. The maximum absolute atomic E-state index is 12.6. The lowest BCUT2D eigenvalue weighted by Crippen LogP contribution is -2.41. The number of carbonyl (C=O) groups excluding carboxylic acids is 1. The fraction of sp³-hybridized carbons (Fsp3) is 0.941. The second-order valence-corrected chi connectivity index (χ2v) is 7.26. The molecule has 21 heavy (non-hydrogen) atoms. The third kappa shape index (κ3) is 3.11. The zero-order valence-corrected chi connectivity index (χ0v) is 13.7. The second-order valence-electron chi connectivity index (χ2n) is 7.26. The minimum absolute atomic E-state index is 0.141. The first-order valence-corrected chi connectivity index (χ1v) is 8.99. The Labute approximate surface area is 129 Å². The molecule has 0 radical (unpaired) electrons. The molecule has 120 valence electrons. The van der Waals surface area contributed by atoms with Gasteiger partial charge in [0.1, 0.15) is 0 Å². The average molecular weight is 293 g/mol. The number of carbonyl (C=O) groups is 1. The van der Waals surface area contributed by atoms with Gasteiger partial charge in [0.2, 0.25) is 5.91 Å². The van der Waals surface area contributed by atoms with Crippen molar-refractivity contribution in [3.8, 4) is 0 Å². The van der Waals surface area contributed by atoms with Crippen LogP contribution < -0.4 is 5.32 Å². The molecule has 0 bridgehead atoms. The van der Waals surface area contributed by atoms with Crippen molar-refractivity contribution in [2.75, 3.05) is 19.6 Å². The quantitative estimate of drug-likeness (QED) is 0.816. The Kier molecular flexibility index (Phi) is 4.55. The van der Waals surface area contributed by atoms with Crippen molar-refractivity contribution in [2.45, 2.75) is 83.0 Å². The van der Waals surface area contributed by atoms with Gasteiger partial charge in [0.05, 0.1) is 11.7 Å². The summed E-state index contributed by atoms with van der Waals surface area (Å²) in [7, 11) is 0. The lowest BCUT2D eigenvalue weighted by Gasteiger charge is -2.34. The normalized spacial score (nSPS) is 32.1. The minimum atomic E-state index is -0.141. The van der Waals surface area contributed by atoms with Crippen LogP contribution >= 0.6 is 0 Å². The molecule has 2 saturated heterocycles. The minimum Gasteiger partial charge on any atom is -0.325 e. The van der Waals surface area contributed by atoms with E-state index < -0.39 is 0 Å². The van der Waals surface area contributed by atoms with Gasteiger partial charge in [-0.15, -0.1) is 0 Å². The summed E-state index contributed by atoms with van der Waals surface area (Å²) in [5.41, 5.74) is -0.141. The van der Waals surface area contributed by atoms with Crippen LogP contribution in [0.25, 0.3) is 0 Å². The second kappa shape index (κ2) is 6.25. The number of hydrogen-bond acceptors (Lipinski definition) is 3. The molecule has 2 unspecified atom stereocenters. The largest absolute Gasteiger partial charge is 0.325 e. The molecule has 1 N–H and O–H groups in total. The van der Waals surface area contributed by atoms with Crippen molar-refractivity contribution in [1.29, 1.82) is 0 Å². The van der Waals surface area contributed by atoms with E-state index in [2.05, 4.69) is 29.0 Å².